The molecule has 2 aromatic heterocycles. The molecule has 10 heteroatoms. The van der Waals surface area contributed by atoms with Crippen LogP contribution in [0.1, 0.15) is 17.4 Å². The maximum atomic E-state index is 14.2. The number of halogens is 2. The van der Waals surface area contributed by atoms with E-state index in [9.17, 15) is 8.78 Å². The summed E-state index contributed by atoms with van der Waals surface area (Å²) in [5.41, 5.74) is 7.05. The van der Waals surface area contributed by atoms with Crippen molar-refractivity contribution < 1.29 is 13.5 Å². The Morgan fingerprint density at radius 3 is 2.88 bits per heavy atom. The fourth-order valence-electron chi connectivity index (χ4n) is 4.37. The van der Waals surface area contributed by atoms with Crippen LogP contribution >= 0.6 is 0 Å². The largest absolute Gasteiger partial charge is 0.378 e. The monoisotopic (exact) mass is 441 g/mol. The van der Waals surface area contributed by atoms with Gasteiger partial charge in [0.2, 0.25) is 0 Å². The van der Waals surface area contributed by atoms with E-state index in [2.05, 4.69) is 30.3 Å². The molecule has 32 heavy (non-hydrogen) atoms. The first-order valence-electron chi connectivity index (χ1n) is 10.7. The minimum absolute atomic E-state index is 0.143. The van der Waals surface area contributed by atoms with Crippen LogP contribution < -0.4 is 16.0 Å². The van der Waals surface area contributed by atoms with Gasteiger partial charge in [-0.2, -0.15) is 5.10 Å². The third kappa shape index (κ3) is 3.96. The van der Waals surface area contributed by atoms with Crippen molar-refractivity contribution in [3.8, 4) is 0 Å². The van der Waals surface area contributed by atoms with E-state index in [0.29, 0.717) is 11.9 Å². The molecule has 0 aliphatic carbocycles. The summed E-state index contributed by atoms with van der Waals surface area (Å²) in [6.45, 7) is 6.99. The molecule has 3 aromatic rings. The van der Waals surface area contributed by atoms with E-state index in [4.69, 9.17) is 10.5 Å². The molecule has 0 unspecified atom stereocenters. The highest BCUT2D eigenvalue weighted by Crippen LogP contribution is 2.29. The number of fused-ring (bicyclic) bond motifs is 2. The van der Waals surface area contributed by atoms with Crippen molar-refractivity contribution in [2.24, 2.45) is 5.73 Å². The first-order chi connectivity index (χ1) is 15.5. The zero-order valence-electron chi connectivity index (χ0n) is 17.8. The number of benzene rings is 1. The van der Waals surface area contributed by atoms with Gasteiger partial charge in [-0.25, -0.2) is 13.8 Å². The Bertz CT molecular complexity index is 1140. The number of hydrogen-bond donors (Lipinski definition) is 2. The van der Waals surface area contributed by atoms with Crippen LogP contribution in [0.25, 0.3) is 10.8 Å². The van der Waals surface area contributed by atoms with E-state index in [0.717, 1.165) is 67.7 Å². The summed E-state index contributed by atoms with van der Waals surface area (Å²) in [5, 5.41) is 13.1. The molecule has 1 aromatic carbocycles. The van der Waals surface area contributed by atoms with E-state index < -0.39 is 17.8 Å². The molecule has 0 radical (unpaired) electrons. The van der Waals surface area contributed by atoms with E-state index in [1.807, 2.05) is 13.0 Å². The van der Waals surface area contributed by atoms with Crippen LogP contribution in [-0.2, 0) is 4.74 Å². The lowest BCUT2D eigenvalue weighted by Gasteiger charge is -2.44. The number of aromatic nitrogens is 3. The highest BCUT2D eigenvalue weighted by Gasteiger charge is 2.30. The molecular formula is C22H25F2N7O. The topological polar surface area (TPSA) is 92.4 Å². The molecule has 0 bridgehead atoms. The zero-order chi connectivity index (χ0) is 22.2. The number of nitrogens with two attached hydrogens (primary N) is 1. The lowest BCUT2D eigenvalue weighted by atomic mass is 10.1. The number of ether oxygens (including phenoxy) is 1. The molecule has 5 rings (SSSR count). The Morgan fingerprint density at radius 2 is 2.03 bits per heavy atom. The lowest BCUT2D eigenvalue weighted by molar-refractivity contribution is -0.0117. The number of nitrogens with zero attached hydrogens (tertiary/aromatic N) is 5. The molecule has 0 amide bonds. The molecule has 168 valence electrons. The molecule has 4 heterocycles. The van der Waals surface area contributed by atoms with Gasteiger partial charge in [-0.05, 0) is 25.1 Å². The number of aryl methyl sites for hydroxylation is 1. The van der Waals surface area contributed by atoms with Gasteiger partial charge in [0, 0.05) is 54.8 Å². The third-order valence-corrected chi connectivity index (χ3v) is 6.19. The first kappa shape index (κ1) is 20.9. The van der Waals surface area contributed by atoms with Gasteiger partial charge in [0.15, 0.2) is 5.82 Å². The van der Waals surface area contributed by atoms with Crippen LogP contribution in [-0.4, -0.2) is 65.5 Å². The van der Waals surface area contributed by atoms with Crippen LogP contribution in [0.15, 0.2) is 30.5 Å². The van der Waals surface area contributed by atoms with Gasteiger partial charge in [-0.15, -0.1) is 5.10 Å². The molecule has 0 saturated carbocycles. The number of nitrogens with one attached hydrogen (secondary N) is 1. The van der Waals surface area contributed by atoms with Crippen molar-refractivity contribution in [3.05, 3.63) is 53.4 Å². The van der Waals surface area contributed by atoms with Crippen LogP contribution in [0.4, 0.5) is 20.4 Å². The number of hydrogen-bond acceptors (Lipinski definition) is 8. The number of piperazine rings is 1. The van der Waals surface area contributed by atoms with E-state index in [-0.39, 0.29) is 5.56 Å². The number of pyridine rings is 1. The standard InChI is InChI=1S/C22H25F2N7O/c1-13-18-10-26-20(31-5-4-30-6-7-32-12-15(30)11-31)9-17(18)22(29-28-13)27-21(25)16-3-2-14(23)8-19(16)24/h2-3,8-10,15,21H,4-7,11-12,25H2,1H3,(H,27,29)/t15-,21-/m0/s1. The van der Waals surface area contributed by atoms with Crippen molar-refractivity contribution in [2.45, 2.75) is 19.1 Å². The van der Waals surface area contributed by atoms with Gasteiger partial charge in [-0.3, -0.25) is 4.90 Å². The summed E-state index contributed by atoms with van der Waals surface area (Å²) in [6.07, 6.45) is 0.864. The smallest absolute Gasteiger partial charge is 0.158 e. The molecule has 2 fully saturated rings. The Balaban J connectivity index is 1.45. The number of rotatable bonds is 4. The average Bonchev–Trinajstić information content (AvgIpc) is 2.80. The Labute approximate surface area is 184 Å². The van der Waals surface area contributed by atoms with Crippen molar-refractivity contribution in [1.82, 2.24) is 20.1 Å². The summed E-state index contributed by atoms with van der Waals surface area (Å²) in [6, 6.07) is 5.62. The first-order valence-corrected chi connectivity index (χ1v) is 10.7. The molecule has 0 spiro atoms. The second kappa shape index (κ2) is 8.53. The van der Waals surface area contributed by atoms with E-state index >= 15 is 0 Å². The molecule has 2 saturated heterocycles. The van der Waals surface area contributed by atoms with Crippen LogP contribution in [0, 0.1) is 18.6 Å². The Hall–Kier alpha value is -2.95. The highest BCUT2D eigenvalue weighted by atomic mass is 19.1. The Kier molecular flexibility index (Phi) is 5.58. The van der Waals surface area contributed by atoms with Gasteiger partial charge in [0.25, 0.3) is 0 Å². The molecule has 3 N–H and O–H groups in total. The minimum Gasteiger partial charge on any atom is -0.378 e. The lowest BCUT2D eigenvalue weighted by Crippen LogP contribution is -2.58. The fraction of sp³-hybridized carbons (Fsp3) is 0.409. The molecule has 2 aliphatic heterocycles. The number of morpholine rings is 1. The molecule has 2 atom stereocenters. The third-order valence-electron chi connectivity index (χ3n) is 6.19. The van der Waals surface area contributed by atoms with E-state index in [1.165, 1.54) is 12.1 Å². The minimum atomic E-state index is -0.921. The van der Waals surface area contributed by atoms with Crippen molar-refractivity contribution >= 4 is 22.4 Å². The summed E-state index contributed by atoms with van der Waals surface area (Å²) >= 11 is 0. The molecular weight excluding hydrogens is 416 g/mol. The summed E-state index contributed by atoms with van der Waals surface area (Å²) in [4.78, 5) is 9.37. The van der Waals surface area contributed by atoms with E-state index in [1.54, 1.807) is 6.20 Å². The normalized spacial score (nSPS) is 20.2. The summed E-state index contributed by atoms with van der Waals surface area (Å²) in [7, 11) is 0. The van der Waals surface area contributed by atoms with Gasteiger partial charge < -0.3 is 20.7 Å². The fourth-order valence-corrected chi connectivity index (χ4v) is 4.37. The predicted molar refractivity (Wildman–Crippen MR) is 117 cm³/mol. The second-order valence-electron chi connectivity index (χ2n) is 8.22. The van der Waals surface area contributed by atoms with Crippen LogP contribution in [0.3, 0.4) is 0 Å². The van der Waals surface area contributed by atoms with Gasteiger partial charge in [0.1, 0.15) is 23.6 Å². The molecule has 8 nitrogen and oxygen atoms in total. The predicted octanol–water partition coefficient (Wildman–Crippen LogP) is 2.20. The van der Waals surface area contributed by atoms with Gasteiger partial charge >= 0.3 is 0 Å². The van der Waals surface area contributed by atoms with Crippen LogP contribution in [0.2, 0.25) is 0 Å². The van der Waals surface area contributed by atoms with Crippen molar-refractivity contribution in [2.75, 3.05) is 49.6 Å². The van der Waals surface area contributed by atoms with Crippen molar-refractivity contribution in [1.29, 1.82) is 0 Å². The van der Waals surface area contributed by atoms with Gasteiger partial charge in [-0.1, -0.05) is 0 Å². The maximum Gasteiger partial charge on any atom is 0.158 e. The average molecular weight is 441 g/mol. The van der Waals surface area contributed by atoms with Crippen molar-refractivity contribution in [3.63, 3.8) is 0 Å². The number of anilines is 2. The van der Waals surface area contributed by atoms with Crippen LogP contribution in [0.5, 0.6) is 0 Å². The molecule has 2 aliphatic rings. The second-order valence-corrected chi connectivity index (χ2v) is 8.22. The summed E-state index contributed by atoms with van der Waals surface area (Å²) in [5.74, 6) is -0.118. The quantitative estimate of drug-likeness (QED) is 0.596. The summed E-state index contributed by atoms with van der Waals surface area (Å²) < 4.78 is 33.1. The Morgan fingerprint density at radius 1 is 1.16 bits per heavy atom. The SMILES string of the molecule is Cc1nnc(N[C@H](N)c2ccc(F)cc2F)c2cc(N3CCN4CCOC[C@@H]4C3)ncc12. The highest BCUT2D eigenvalue weighted by molar-refractivity contribution is 5.94. The van der Waals surface area contributed by atoms with Gasteiger partial charge in [0.05, 0.1) is 24.9 Å². The zero-order valence-corrected chi connectivity index (χ0v) is 17.8. The maximum absolute atomic E-state index is 14.2.